The van der Waals surface area contributed by atoms with Gasteiger partial charge in [-0.15, -0.1) is 11.3 Å². The van der Waals surface area contributed by atoms with Crippen molar-refractivity contribution in [3.63, 3.8) is 0 Å². The number of nitrogen functional groups attached to an aromatic ring is 1. The molecule has 1 aromatic heterocycles. The Morgan fingerprint density at radius 1 is 1.26 bits per heavy atom. The molecule has 100 valence electrons. The SMILES string of the molecule is COc1ccc(OC)c(-c2csc(C(=O)O)c2N)c1. The summed E-state index contributed by atoms with van der Waals surface area (Å²) < 4.78 is 10.4. The molecule has 2 rings (SSSR count). The summed E-state index contributed by atoms with van der Waals surface area (Å²) in [6.45, 7) is 0. The monoisotopic (exact) mass is 279 g/mol. The quantitative estimate of drug-likeness (QED) is 0.899. The van der Waals surface area contributed by atoms with Gasteiger partial charge in [-0.2, -0.15) is 0 Å². The third kappa shape index (κ3) is 2.34. The Morgan fingerprint density at radius 2 is 2.00 bits per heavy atom. The van der Waals surface area contributed by atoms with Gasteiger partial charge in [0.25, 0.3) is 0 Å². The first-order chi connectivity index (χ1) is 9.08. The largest absolute Gasteiger partial charge is 0.497 e. The van der Waals surface area contributed by atoms with Crippen LogP contribution in [0.1, 0.15) is 9.67 Å². The molecule has 19 heavy (non-hydrogen) atoms. The first-order valence-electron chi connectivity index (χ1n) is 5.41. The number of hydrogen-bond donors (Lipinski definition) is 2. The molecule has 1 heterocycles. The minimum atomic E-state index is -1.03. The van der Waals surface area contributed by atoms with Crippen LogP contribution in [0.4, 0.5) is 5.69 Å². The molecule has 0 unspecified atom stereocenters. The number of hydrogen-bond acceptors (Lipinski definition) is 5. The minimum absolute atomic E-state index is 0.125. The number of benzene rings is 1. The maximum Gasteiger partial charge on any atom is 0.348 e. The second-order valence-corrected chi connectivity index (χ2v) is 4.64. The lowest BCUT2D eigenvalue weighted by Crippen LogP contribution is -1.99. The maximum atomic E-state index is 11.0. The van der Waals surface area contributed by atoms with Crippen LogP contribution in [0.5, 0.6) is 11.5 Å². The first-order valence-corrected chi connectivity index (χ1v) is 6.29. The third-order valence-electron chi connectivity index (χ3n) is 2.72. The minimum Gasteiger partial charge on any atom is -0.497 e. The topological polar surface area (TPSA) is 81.8 Å². The Hall–Kier alpha value is -2.21. The van der Waals surface area contributed by atoms with Gasteiger partial charge >= 0.3 is 5.97 Å². The summed E-state index contributed by atoms with van der Waals surface area (Å²) in [5.41, 5.74) is 7.47. The molecule has 0 aliphatic carbocycles. The number of carboxylic acids is 1. The lowest BCUT2D eigenvalue weighted by atomic mass is 10.1. The molecule has 0 aliphatic heterocycles. The van der Waals surface area contributed by atoms with Gasteiger partial charge in [0.05, 0.1) is 19.9 Å². The lowest BCUT2D eigenvalue weighted by molar-refractivity contribution is 0.0703. The van der Waals surface area contributed by atoms with Crippen molar-refractivity contribution in [2.24, 2.45) is 0 Å². The molecular formula is C13H13NO4S. The Balaban J connectivity index is 2.60. The predicted octanol–water partition coefficient (Wildman–Crippen LogP) is 2.71. The van der Waals surface area contributed by atoms with E-state index in [1.54, 1.807) is 37.8 Å². The standard InChI is InChI=1S/C13H13NO4S/c1-17-7-3-4-10(18-2)8(5-7)9-6-19-12(11(9)14)13(15)16/h3-6H,14H2,1-2H3,(H,15,16). The van der Waals surface area contributed by atoms with Crippen LogP contribution < -0.4 is 15.2 Å². The van der Waals surface area contributed by atoms with Crippen LogP contribution in [-0.2, 0) is 0 Å². The highest BCUT2D eigenvalue weighted by Crippen LogP contribution is 2.40. The van der Waals surface area contributed by atoms with E-state index in [4.69, 9.17) is 20.3 Å². The molecule has 0 spiro atoms. The highest BCUT2D eigenvalue weighted by atomic mass is 32.1. The number of aromatic carboxylic acids is 1. The van der Waals surface area contributed by atoms with E-state index in [-0.39, 0.29) is 10.6 Å². The van der Waals surface area contributed by atoms with Crippen LogP contribution in [0.3, 0.4) is 0 Å². The molecule has 6 heteroatoms. The number of anilines is 1. The van der Waals surface area contributed by atoms with Crippen molar-refractivity contribution in [1.29, 1.82) is 0 Å². The summed E-state index contributed by atoms with van der Waals surface area (Å²) >= 11 is 1.09. The number of methoxy groups -OCH3 is 2. The fraction of sp³-hybridized carbons (Fsp3) is 0.154. The van der Waals surface area contributed by atoms with Gasteiger partial charge in [0.1, 0.15) is 16.4 Å². The van der Waals surface area contributed by atoms with E-state index in [1.807, 2.05) is 0 Å². The van der Waals surface area contributed by atoms with E-state index in [0.29, 0.717) is 22.6 Å². The average Bonchev–Trinajstić information content (AvgIpc) is 2.79. The van der Waals surface area contributed by atoms with Crippen LogP contribution in [0.2, 0.25) is 0 Å². The average molecular weight is 279 g/mol. The fourth-order valence-corrected chi connectivity index (χ4v) is 2.59. The van der Waals surface area contributed by atoms with Crippen molar-refractivity contribution >= 4 is 23.0 Å². The molecule has 2 aromatic rings. The number of thiophene rings is 1. The van der Waals surface area contributed by atoms with E-state index in [0.717, 1.165) is 11.3 Å². The second-order valence-electron chi connectivity index (χ2n) is 3.76. The van der Waals surface area contributed by atoms with E-state index in [2.05, 4.69) is 0 Å². The van der Waals surface area contributed by atoms with Crippen molar-refractivity contribution < 1.29 is 19.4 Å². The van der Waals surface area contributed by atoms with Gasteiger partial charge in [-0.3, -0.25) is 0 Å². The van der Waals surface area contributed by atoms with Crippen molar-refractivity contribution in [3.8, 4) is 22.6 Å². The zero-order valence-corrected chi connectivity index (χ0v) is 11.3. The molecule has 0 saturated carbocycles. The predicted molar refractivity (Wildman–Crippen MR) is 74.2 cm³/mol. The summed E-state index contributed by atoms with van der Waals surface area (Å²) in [5.74, 6) is 0.233. The van der Waals surface area contributed by atoms with Gasteiger partial charge in [0, 0.05) is 16.5 Å². The molecular weight excluding hydrogens is 266 g/mol. The Bertz CT molecular complexity index is 621. The third-order valence-corrected chi connectivity index (χ3v) is 3.70. The highest BCUT2D eigenvalue weighted by molar-refractivity contribution is 7.13. The lowest BCUT2D eigenvalue weighted by Gasteiger charge is -2.10. The van der Waals surface area contributed by atoms with Gasteiger partial charge in [0.2, 0.25) is 0 Å². The molecule has 3 N–H and O–H groups in total. The van der Waals surface area contributed by atoms with Gasteiger partial charge in [-0.1, -0.05) is 0 Å². The fourth-order valence-electron chi connectivity index (χ4n) is 1.77. The van der Waals surface area contributed by atoms with Crippen molar-refractivity contribution in [2.45, 2.75) is 0 Å². The molecule has 0 radical (unpaired) electrons. The van der Waals surface area contributed by atoms with Gasteiger partial charge in [-0.25, -0.2) is 4.79 Å². The summed E-state index contributed by atoms with van der Waals surface area (Å²) in [4.78, 5) is 11.1. The number of ether oxygens (including phenoxy) is 2. The van der Waals surface area contributed by atoms with E-state index >= 15 is 0 Å². The molecule has 0 bridgehead atoms. The smallest absolute Gasteiger partial charge is 0.348 e. The molecule has 0 atom stereocenters. The summed E-state index contributed by atoms with van der Waals surface area (Å²) in [7, 11) is 3.11. The van der Waals surface area contributed by atoms with Crippen molar-refractivity contribution in [2.75, 3.05) is 20.0 Å². The van der Waals surface area contributed by atoms with Crippen LogP contribution >= 0.6 is 11.3 Å². The molecule has 0 fully saturated rings. The second kappa shape index (κ2) is 5.19. The molecule has 0 amide bonds. The highest BCUT2D eigenvalue weighted by Gasteiger charge is 2.18. The maximum absolute atomic E-state index is 11.0. The van der Waals surface area contributed by atoms with Crippen LogP contribution in [0.15, 0.2) is 23.6 Å². The van der Waals surface area contributed by atoms with Crippen LogP contribution in [-0.4, -0.2) is 25.3 Å². The molecule has 0 aliphatic rings. The van der Waals surface area contributed by atoms with E-state index in [9.17, 15) is 4.79 Å². The normalized spacial score (nSPS) is 10.2. The zero-order valence-electron chi connectivity index (χ0n) is 10.5. The van der Waals surface area contributed by atoms with E-state index < -0.39 is 5.97 Å². The van der Waals surface area contributed by atoms with Gasteiger partial charge in [0.15, 0.2) is 0 Å². The van der Waals surface area contributed by atoms with Gasteiger partial charge < -0.3 is 20.3 Å². The first kappa shape index (κ1) is 13.2. The number of rotatable bonds is 4. The Kier molecular flexibility index (Phi) is 3.62. The zero-order chi connectivity index (χ0) is 14.0. The Labute approximate surface area is 114 Å². The summed E-state index contributed by atoms with van der Waals surface area (Å²) in [5, 5.41) is 10.7. The van der Waals surface area contributed by atoms with Crippen molar-refractivity contribution in [1.82, 2.24) is 0 Å². The van der Waals surface area contributed by atoms with Crippen molar-refractivity contribution in [3.05, 3.63) is 28.5 Å². The number of nitrogens with two attached hydrogens (primary N) is 1. The van der Waals surface area contributed by atoms with Gasteiger partial charge in [-0.05, 0) is 18.2 Å². The number of carbonyl (C=O) groups is 1. The van der Waals surface area contributed by atoms with Crippen LogP contribution in [0, 0.1) is 0 Å². The summed E-state index contributed by atoms with van der Waals surface area (Å²) in [6, 6.07) is 5.29. The molecule has 0 saturated heterocycles. The molecule has 1 aromatic carbocycles. The number of carboxylic acid groups (broad SMARTS) is 1. The summed E-state index contributed by atoms with van der Waals surface area (Å²) in [6.07, 6.45) is 0. The van der Waals surface area contributed by atoms with E-state index in [1.165, 1.54) is 0 Å². The Morgan fingerprint density at radius 3 is 2.53 bits per heavy atom. The molecule has 5 nitrogen and oxygen atoms in total. The van der Waals surface area contributed by atoms with Crippen LogP contribution in [0.25, 0.3) is 11.1 Å².